The molecule has 1 aliphatic heterocycles. The normalized spacial score (nSPS) is 19.5. The maximum atomic E-state index is 12.6. The average Bonchev–Trinajstić information content (AvgIpc) is 2.38. The van der Waals surface area contributed by atoms with Crippen LogP contribution in [0.25, 0.3) is 0 Å². The van der Waals surface area contributed by atoms with Crippen LogP contribution in [0.4, 0.5) is 18.9 Å². The quantitative estimate of drug-likeness (QED) is 0.893. The Labute approximate surface area is 111 Å². The smallest absolute Gasteiger partial charge is 0.372 e. The molecule has 0 spiro atoms. The van der Waals surface area contributed by atoms with E-state index >= 15 is 0 Å². The lowest BCUT2D eigenvalue weighted by Gasteiger charge is -2.34. The van der Waals surface area contributed by atoms with E-state index < -0.39 is 12.1 Å². The summed E-state index contributed by atoms with van der Waals surface area (Å²) >= 11 is 0. The number of nitrogens with two attached hydrogens (primary N) is 1. The average molecular weight is 272 g/mol. The number of hydrogen-bond donors (Lipinski definition) is 1. The van der Waals surface area contributed by atoms with Crippen molar-refractivity contribution in [2.45, 2.75) is 32.0 Å². The molecule has 2 rings (SSSR count). The van der Waals surface area contributed by atoms with Gasteiger partial charge in [0.05, 0.1) is 5.92 Å². The van der Waals surface area contributed by atoms with Crippen LogP contribution in [-0.2, 0) is 0 Å². The molecule has 1 aromatic carbocycles. The van der Waals surface area contributed by atoms with Crippen molar-refractivity contribution >= 4 is 5.69 Å². The van der Waals surface area contributed by atoms with Crippen LogP contribution >= 0.6 is 0 Å². The van der Waals surface area contributed by atoms with Gasteiger partial charge in [-0.1, -0.05) is 12.1 Å². The van der Waals surface area contributed by atoms with Crippen molar-refractivity contribution in [2.24, 2.45) is 11.7 Å². The minimum atomic E-state index is -4.05. The number of piperidine rings is 1. The van der Waals surface area contributed by atoms with Gasteiger partial charge in [0.1, 0.15) is 0 Å². The van der Waals surface area contributed by atoms with E-state index in [1.54, 1.807) is 0 Å². The molecule has 1 atom stereocenters. The summed E-state index contributed by atoms with van der Waals surface area (Å²) in [6.45, 7) is 2.83. The van der Waals surface area contributed by atoms with E-state index in [4.69, 9.17) is 5.73 Å². The van der Waals surface area contributed by atoms with Crippen molar-refractivity contribution in [2.75, 3.05) is 18.0 Å². The van der Waals surface area contributed by atoms with E-state index in [2.05, 4.69) is 0 Å². The molecule has 0 unspecified atom stereocenters. The highest BCUT2D eigenvalue weighted by atomic mass is 19.4. The first-order chi connectivity index (χ1) is 8.88. The van der Waals surface area contributed by atoms with Gasteiger partial charge in [-0.25, -0.2) is 0 Å². The van der Waals surface area contributed by atoms with Crippen LogP contribution in [0.1, 0.15) is 31.4 Å². The third-order valence-corrected chi connectivity index (χ3v) is 3.74. The van der Waals surface area contributed by atoms with Crippen molar-refractivity contribution in [3.05, 3.63) is 29.8 Å². The van der Waals surface area contributed by atoms with Crippen molar-refractivity contribution in [3.8, 4) is 0 Å². The lowest BCUT2D eigenvalue weighted by Crippen LogP contribution is -2.39. The summed E-state index contributed by atoms with van der Waals surface area (Å²) in [6.07, 6.45) is -3.69. The zero-order valence-corrected chi connectivity index (χ0v) is 11.0. The molecule has 1 fully saturated rings. The van der Waals surface area contributed by atoms with Crippen molar-refractivity contribution in [1.82, 2.24) is 0 Å². The van der Waals surface area contributed by atoms with Crippen LogP contribution in [0.2, 0.25) is 0 Å². The van der Waals surface area contributed by atoms with Gasteiger partial charge in [0, 0.05) is 24.8 Å². The van der Waals surface area contributed by atoms with Crippen molar-refractivity contribution < 1.29 is 13.2 Å². The lowest BCUT2D eigenvalue weighted by atomic mass is 9.96. The summed E-state index contributed by atoms with van der Waals surface area (Å²) < 4.78 is 37.7. The molecule has 0 aliphatic carbocycles. The van der Waals surface area contributed by atoms with E-state index in [-0.39, 0.29) is 18.9 Å². The fourth-order valence-corrected chi connectivity index (χ4v) is 2.45. The molecular weight excluding hydrogens is 253 g/mol. The van der Waals surface area contributed by atoms with E-state index in [0.29, 0.717) is 13.1 Å². The lowest BCUT2D eigenvalue weighted by molar-refractivity contribution is -0.179. The van der Waals surface area contributed by atoms with Gasteiger partial charge in [0.2, 0.25) is 0 Å². The molecule has 2 nitrogen and oxygen atoms in total. The highest BCUT2D eigenvalue weighted by molar-refractivity contribution is 5.48. The predicted molar refractivity (Wildman–Crippen MR) is 70.0 cm³/mol. The molecule has 0 bridgehead atoms. The number of halogens is 3. The van der Waals surface area contributed by atoms with E-state index in [9.17, 15) is 13.2 Å². The maximum Gasteiger partial charge on any atom is 0.391 e. The third-order valence-electron chi connectivity index (χ3n) is 3.74. The predicted octanol–water partition coefficient (Wildman–Crippen LogP) is 3.49. The Kier molecular flexibility index (Phi) is 4.04. The highest BCUT2D eigenvalue weighted by Gasteiger charge is 2.41. The van der Waals surface area contributed by atoms with Gasteiger partial charge in [0.15, 0.2) is 0 Å². The van der Waals surface area contributed by atoms with Gasteiger partial charge in [-0.15, -0.1) is 0 Å². The van der Waals surface area contributed by atoms with Gasteiger partial charge >= 0.3 is 6.18 Å². The van der Waals surface area contributed by atoms with Gasteiger partial charge in [0.25, 0.3) is 0 Å². The minimum Gasteiger partial charge on any atom is -0.372 e. The van der Waals surface area contributed by atoms with Gasteiger partial charge in [-0.2, -0.15) is 13.2 Å². The number of hydrogen-bond acceptors (Lipinski definition) is 2. The molecule has 2 N–H and O–H groups in total. The molecule has 0 amide bonds. The maximum absolute atomic E-state index is 12.6. The zero-order valence-electron chi connectivity index (χ0n) is 11.0. The Balaban J connectivity index is 1.98. The summed E-state index contributed by atoms with van der Waals surface area (Å²) in [4.78, 5) is 2.01. The molecule has 1 heterocycles. The number of rotatable bonds is 2. The van der Waals surface area contributed by atoms with Crippen LogP contribution < -0.4 is 10.6 Å². The summed E-state index contributed by atoms with van der Waals surface area (Å²) in [6, 6.07) is 7.73. The Morgan fingerprint density at radius 2 is 1.68 bits per heavy atom. The Hall–Kier alpha value is -1.23. The number of nitrogens with zero attached hydrogens (tertiary/aromatic N) is 1. The van der Waals surface area contributed by atoms with Crippen LogP contribution in [0.5, 0.6) is 0 Å². The van der Waals surface area contributed by atoms with E-state index in [1.165, 1.54) is 0 Å². The number of benzene rings is 1. The van der Waals surface area contributed by atoms with Gasteiger partial charge in [-0.05, 0) is 37.5 Å². The van der Waals surface area contributed by atoms with E-state index in [1.807, 2.05) is 36.1 Å². The Morgan fingerprint density at radius 3 is 2.11 bits per heavy atom. The second-order valence-electron chi connectivity index (χ2n) is 5.18. The van der Waals surface area contributed by atoms with Crippen LogP contribution in [0, 0.1) is 5.92 Å². The SMILES string of the molecule is C[C@@H](N)c1ccc(N2CCC(C(F)(F)F)CC2)cc1. The summed E-state index contributed by atoms with van der Waals surface area (Å²) in [7, 11) is 0. The first-order valence-electron chi connectivity index (χ1n) is 6.55. The third kappa shape index (κ3) is 3.41. The number of alkyl halides is 3. The zero-order chi connectivity index (χ0) is 14.0. The monoisotopic (exact) mass is 272 g/mol. The molecule has 106 valence electrons. The standard InChI is InChI=1S/C14H19F3N2/c1-10(18)11-2-4-13(5-3-11)19-8-6-12(7-9-19)14(15,16)17/h2-5,10,12H,6-9,18H2,1H3/t10-/m1/s1. The molecule has 1 aromatic rings. The fraction of sp³-hybridized carbons (Fsp3) is 0.571. The second kappa shape index (κ2) is 5.41. The van der Waals surface area contributed by atoms with Crippen molar-refractivity contribution in [1.29, 1.82) is 0 Å². The molecule has 0 saturated carbocycles. The topological polar surface area (TPSA) is 29.3 Å². The number of anilines is 1. The molecule has 5 heteroatoms. The molecule has 1 saturated heterocycles. The summed E-state index contributed by atoms with van der Waals surface area (Å²) in [5, 5.41) is 0. The summed E-state index contributed by atoms with van der Waals surface area (Å²) in [5.74, 6) is -1.15. The Bertz CT molecular complexity index is 404. The fourth-order valence-electron chi connectivity index (χ4n) is 2.45. The molecular formula is C14H19F3N2. The molecule has 1 aliphatic rings. The van der Waals surface area contributed by atoms with Crippen molar-refractivity contribution in [3.63, 3.8) is 0 Å². The van der Waals surface area contributed by atoms with Crippen LogP contribution in [0.15, 0.2) is 24.3 Å². The molecule has 19 heavy (non-hydrogen) atoms. The van der Waals surface area contributed by atoms with Crippen LogP contribution in [-0.4, -0.2) is 19.3 Å². The summed E-state index contributed by atoms with van der Waals surface area (Å²) in [5.41, 5.74) is 7.78. The van der Waals surface area contributed by atoms with Crippen LogP contribution in [0.3, 0.4) is 0 Å². The minimum absolute atomic E-state index is 0.0231. The second-order valence-corrected chi connectivity index (χ2v) is 5.18. The molecule has 0 aromatic heterocycles. The van der Waals surface area contributed by atoms with Gasteiger partial charge in [-0.3, -0.25) is 0 Å². The largest absolute Gasteiger partial charge is 0.391 e. The van der Waals surface area contributed by atoms with Gasteiger partial charge < -0.3 is 10.6 Å². The first kappa shape index (κ1) is 14.2. The molecule has 0 radical (unpaired) electrons. The highest BCUT2D eigenvalue weighted by Crippen LogP contribution is 2.35. The Morgan fingerprint density at radius 1 is 1.16 bits per heavy atom. The van der Waals surface area contributed by atoms with E-state index in [0.717, 1.165) is 11.3 Å². The first-order valence-corrected chi connectivity index (χ1v) is 6.55.